The summed E-state index contributed by atoms with van der Waals surface area (Å²) in [5.41, 5.74) is 16.3. The van der Waals surface area contributed by atoms with Crippen LogP contribution in [0.25, 0.3) is 11.1 Å². The molecule has 0 bridgehead atoms. The Bertz CT molecular complexity index is 1400. The van der Waals surface area contributed by atoms with Gasteiger partial charge in [-0.1, -0.05) is 136 Å². The van der Waals surface area contributed by atoms with Gasteiger partial charge in [0.25, 0.3) is 0 Å². The lowest BCUT2D eigenvalue weighted by Gasteiger charge is -2.18. The fourth-order valence-electron chi connectivity index (χ4n) is 4.08. The van der Waals surface area contributed by atoms with Crippen molar-refractivity contribution in [1.29, 1.82) is 0 Å². The maximum Gasteiger partial charge on any atom is 0.129 e. The van der Waals surface area contributed by atoms with Gasteiger partial charge >= 0.3 is 0 Å². The van der Waals surface area contributed by atoms with Crippen LogP contribution in [0.5, 0.6) is 0 Å². The summed E-state index contributed by atoms with van der Waals surface area (Å²) in [4.78, 5) is 0. The lowest BCUT2D eigenvalue weighted by molar-refractivity contribution is 1.49. The Morgan fingerprint density at radius 2 is 0.684 bits per heavy atom. The van der Waals surface area contributed by atoms with Gasteiger partial charge in [0.15, 0.2) is 0 Å². The Balaban J connectivity index is 1.92. The van der Waals surface area contributed by atoms with Crippen molar-refractivity contribution in [2.75, 3.05) is 0 Å². The Morgan fingerprint density at radius 1 is 0.395 bits per heavy atom. The number of rotatable bonds is 4. The van der Waals surface area contributed by atoms with Crippen molar-refractivity contribution in [3.8, 4) is 22.9 Å². The molecular weight excluding hydrogens is 489 g/mol. The molecule has 4 aromatic carbocycles. The minimum atomic E-state index is -1.43. The Labute approximate surface area is 231 Å². The van der Waals surface area contributed by atoms with E-state index in [0.29, 0.717) is 0 Å². The molecule has 0 aliphatic carbocycles. The zero-order valence-corrected chi connectivity index (χ0v) is 25.4. The molecule has 0 unspecified atom stereocenters. The van der Waals surface area contributed by atoms with Gasteiger partial charge in [-0.25, -0.2) is 0 Å². The third kappa shape index (κ3) is 7.59. The molecule has 0 saturated carbocycles. The molecule has 0 spiro atoms. The fourth-order valence-corrected chi connectivity index (χ4v) is 5.12. The average molecular weight is 525 g/mol. The molecular formula is C36H36Si2. The molecule has 0 nitrogen and oxygen atoms in total. The Hall–Kier alpha value is -3.83. The summed E-state index contributed by atoms with van der Waals surface area (Å²) in [6.45, 7) is 13.7. The third-order valence-electron chi connectivity index (χ3n) is 5.89. The van der Waals surface area contributed by atoms with E-state index in [1.807, 2.05) is 0 Å². The predicted molar refractivity (Wildman–Crippen MR) is 171 cm³/mol. The first-order valence-electron chi connectivity index (χ1n) is 13.2. The molecule has 0 aromatic heterocycles. The number of hydrogen-bond acceptors (Lipinski definition) is 0. The first kappa shape index (κ1) is 27.2. The van der Waals surface area contributed by atoms with Gasteiger partial charge in [-0.3, -0.25) is 0 Å². The van der Waals surface area contributed by atoms with Crippen molar-refractivity contribution >= 4 is 27.3 Å². The van der Waals surface area contributed by atoms with E-state index >= 15 is 0 Å². The van der Waals surface area contributed by atoms with Crippen LogP contribution in [0.3, 0.4) is 0 Å². The minimum Gasteiger partial charge on any atom is -0.127 e. The van der Waals surface area contributed by atoms with Crippen LogP contribution in [0.15, 0.2) is 109 Å². The zero-order valence-electron chi connectivity index (χ0n) is 23.4. The van der Waals surface area contributed by atoms with Gasteiger partial charge in [-0.05, 0) is 57.7 Å². The highest BCUT2D eigenvalue weighted by atomic mass is 28.3. The monoisotopic (exact) mass is 524 g/mol. The van der Waals surface area contributed by atoms with Crippen molar-refractivity contribution in [3.63, 3.8) is 0 Å². The van der Waals surface area contributed by atoms with E-state index in [4.69, 9.17) is 0 Å². The normalized spacial score (nSPS) is 11.9. The second-order valence-electron chi connectivity index (χ2n) is 11.6. The van der Waals surface area contributed by atoms with E-state index in [0.717, 1.165) is 11.1 Å². The molecule has 0 amide bonds. The molecule has 0 heterocycles. The summed E-state index contributed by atoms with van der Waals surface area (Å²) in [7, 11) is -2.87. The summed E-state index contributed by atoms with van der Waals surface area (Å²) >= 11 is 0. The highest BCUT2D eigenvalue weighted by molar-refractivity contribution is 6.84. The van der Waals surface area contributed by atoms with E-state index in [1.54, 1.807) is 0 Å². The molecule has 0 atom stereocenters. The standard InChI is InChI=1S/C36H36Si2/c1-37(2,3)27-25-29-17-21-33(22-18-29)35(31-13-9-7-10-14-31)36(32-15-11-8-12-16-32)34-23-19-30(20-24-34)26-28-38(4,5)6/h7-24H,1-6H3/b36-35+. The molecule has 4 rings (SSSR count). The largest absolute Gasteiger partial charge is 0.129 e. The van der Waals surface area contributed by atoms with Crippen molar-refractivity contribution < 1.29 is 0 Å². The number of hydrogen-bond donors (Lipinski definition) is 0. The van der Waals surface area contributed by atoms with E-state index in [9.17, 15) is 0 Å². The molecule has 38 heavy (non-hydrogen) atoms. The lowest BCUT2D eigenvalue weighted by atomic mass is 9.85. The van der Waals surface area contributed by atoms with Gasteiger partial charge < -0.3 is 0 Å². The Kier molecular flexibility index (Phi) is 8.38. The zero-order chi connectivity index (χ0) is 27.2. The summed E-state index contributed by atoms with van der Waals surface area (Å²) in [5, 5.41) is 0. The molecule has 4 aromatic rings. The van der Waals surface area contributed by atoms with Crippen molar-refractivity contribution in [1.82, 2.24) is 0 Å². The van der Waals surface area contributed by atoms with E-state index in [-0.39, 0.29) is 0 Å². The predicted octanol–water partition coefficient (Wildman–Crippen LogP) is 9.15. The van der Waals surface area contributed by atoms with Crippen molar-refractivity contribution in [3.05, 3.63) is 143 Å². The number of benzene rings is 4. The maximum absolute atomic E-state index is 3.49. The molecule has 2 heteroatoms. The van der Waals surface area contributed by atoms with Crippen LogP contribution < -0.4 is 0 Å². The highest BCUT2D eigenvalue weighted by Crippen LogP contribution is 2.37. The minimum absolute atomic E-state index is 1.06. The van der Waals surface area contributed by atoms with Crippen molar-refractivity contribution in [2.24, 2.45) is 0 Å². The average Bonchev–Trinajstić information content (AvgIpc) is 2.90. The Morgan fingerprint density at radius 3 is 0.974 bits per heavy atom. The van der Waals surface area contributed by atoms with Gasteiger partial charge in [-0.2, -0.15) is 0 Å². The first-order valence-corrected chi connectivity index (χ1v) is 20.2. The first-order chi connectivity index (χ1) is 18.1. The summed E-state index contributed by atoms with van der Waals surface area (Å²) in [5.74, 6) is 6.79. The van der Waals surface area contributed by atoms with Crippen LogP contribution in [0.1, 0.15) is 33.4 Å². The van der Waals surface area contributed by atoms with Crippen LogP contribution in [0.2, 0.25) is 39.3 Å². The third-order valence-corrected chi connectivity index (χ3v) is 7.64. The van der Waals surface area contributed by atoms with Gasteiger partial charge in [0.2, 0.25) is 0 Å². The van der Waals surface area contributed by atoms with Gasteiger partial charge in [0.05, 0.1) is 0 Å². The second kappa shape index (κ2) is 11.7. The summed E-state index contributed by atoms with van der Waals surface area (Å²) < 4.78 is 0. The van der Waals surface area contributed by atoms with Gasteiger partial charge in [-0.15, -0.1) is 11.1 Å². The van der Waals surface area contributed by atoms with Gasteiger partial charge in [0.1, 0.15) is 16.1 Å². The molecule has 0 aliphatic rings. The molecule has 0 N–H and O–H groups in total. The molecule has 0 fully saturated rings. The van der Waals surface area contributed by atoms with E-state index < -0.39 is 16.1 Å². The van der Waals surface area contributed by atoms with Crippen LogP contribution in [-0.4, -0.2) is 16.1 Å². The van der Waals surface area contributed by atoms with E-state index in [2.05, 4.69) is 171 Å². The summed E-state index contributed by atoms with van der Waals surface area (Å²) in [6.07, 6.45) is 0. The van der Waals surface area contributed by atoms with Gasteiger partial charge in [0, 0.05) is 11.1 Å². The maximum atomic E-state index is 3.49. The summed E-state index contributed by atoms with van der Waals surface area (Å²) in [6, 6.07) is 38.9. The smallest absolute Gasteiger partial charge is 0.127 e. The highest BCUT2D eigenvalue weighted by Gasteiger charge is 2.16. The SMILES string of the molecule is C[Si](C)(C)C#Cc1ccc(/C(=C(\c2ccccc2)c2ccc(C#C[Si](C)(C)C)cc2)c2ccccc2)cc1. The van der Waals surface area contributed by atoms with Crippen LogP contribution in [-0.2, 0) is 0 Å². The van der Waals surface area contributed by atoms with Crippen LogP contribution in [0, 0.1) is 22.9 Å². The van der Waals surface area contributed by atoms with Crippen molar-refractivity contribution in [2.45, 2.75) is 39.3 Å². The van der Waals surface area contributed by atoms with E-state index in [1.165, 1.54) is 33.4 Å². The molecule has 188 valence electrons. The molecule has 0 radical (unpaired) electrons. The quantitative estimate of drug-likeness (QED) is 0.142. The van der Waals surface area contributed by atoms with Crippen LogP contribution in [0.4, 0.5) is 0 Å². The topological polar surface area (TPSA) is 0 Å². The molecule has 0 aliphatic heterocycles. The fraction of sp³-hybridized carbons (Fsp3) is 0.167. The second-order valence-corrected chi connectivity index (χ2v) is 21.1. The van der Waals surface area contributed by atoms with Crippen LogP contribution >= 0.6 is 0 Å². The molecule has 0 saturated heterocycles. The lowest BCUT2D eigenvalue weighted by Crippen LogP contribution is -2.16.